The zero-order valence-electron chi connectivity index (χ0n) is 58.7. The number of H-pyrrole nitrogens is 2. The monoisotopic (exact) mass is 1390 g/mol. The quantitative estimate of drug-likeness (QED) is 0.169. The van der Waals surface area contributed by atoms with Crippen LogP contribution in [0.25, 0.3) is 382 Å². The second kappa shape index (κ2) is 13.1. The molecule has 1 fully saturated rings. The van der Waals surface area contributed by atoms with Crippen LogP contribution in [0.3, 0.4) is 0 Å². The first-order valence-electron chi connectivity index (χ1n) is 40.5. The van der Waals surface area contributed by atoms with Crippen LogP contribution in [0.2, 0.25) is 0 Å². The Hall–Kier alpha value is -14.1. The van der Waals surface area contributed by atoms with E-state index in [1.54, 1.807) is 313 Å². The topological polar surface area (TPSA) is 60.6 Å². The minimum Gasteiger partial charge on any atom is -0.354 e. The number of hydrogen-bond acceptors (Lipinski definition) is 3. The van der Waals surface area contributed by atoms with Crippen molar-refractivity contribution in [2.24, 2.45) is 0 Å². The maximum absolute atomic E-state index is 6.14. The Bertz CT molecular complexity index is 10500. The zero-order chi connectivity index (χ0) is 69.1. The normalized spacial score (nSPS) is 19.7. The molecule has 0 amide bonds. The Morgan fingerprint density at radius 3 is 0.768 bits per heavy atom. The summed E-state index contributed by atoms with van der Waals surface area (Å²) in [6, 6.07) is 51.7. The van der Waals surface area contributed by atoms with E-state index in [0.717, 1.165) is 95.9 Å². The molecule has 32 aromatic carbocycles. The molecule has 3 aliphatic heterocycles. The van der Waals surface area contributed by atoms with Crippen molar-refractivity contribution >= 4 is 337 Å². The van der Waals surface area contributed by atoms with E-state index >= 15 is 0 Å². The third-order valence-corrected chi connectivity index (χ3v) is 34.3. The number of fused-ring (bicyclic) bond motifs is 8. The summed E-state index contributed by atoms with van der Waals surface area (Å²) in [6.45, 7) is 0.876. The van der Waals surface area contributed by atoms with E-state index in [0.29, 0.717) is 0 Å². The van der Waals surface area contributed by atoms with Crippen molar-refractivity contribution in [1.29, 1.82) is 0 Å². The van der Waals surface area contributed by atoms with E-state index in [1.807, 2.05) is 0 Å². The van der Waals surface area contributed by atoms with Gasteiger partial charge in [-0.1, -0.05) is 121 Å². The maximum Gasteiger partial charge on any atom is 0.0737 e. The van der Waals surface area contributed by atoms with Gasteiger partial charge in [0.2, 0.25) is 0 Å². The Morgan fingerprint density at radius 1 is 0.259 bits per heavy atom. The van der Waals surface area contributed by atoms with E-state index in [4.69, 9.17) is 9.97 Å². The fourth-order valence-electron chi connectivity index (χ4n) is 32.7. The van der Waals surface area contributed by atoms with Crippen LogP contribution >= 0.6 is 0 Å². The van der Waals surface area contributed by atoms with Gasteiger partial charge in [0.15, 0.2) is 0 Å². The van der Waals surface area contributed by atoms with Crippen molar-refractivity contribution in [3.63, 3.8) is 0 Å². The number of benzene rings is 22. The van der Waals surface area contributed by atoms with Gasteiger partial charge in [0.1, 0.15) is 0 Å². The first-order chi connectivity index (χ1) is 55.7. The molecular weight excluding hydrogens is 1360 g/mol. The third kappa shape index (κ3) is 3.50. The predicted molar refractivity (Wildman–Crippen MR) is 470 cm³/mol. The molecule has 8 bridgehead atoms. The lowest BCUT2D eigenvalue weighted by atomic mass is 9.47. The molecule has 42 rings (SSSR count). The smallest absolute Gasteiger partial charge is 0.0737 e. The molecule has 7 aliphatic rings. The molecule has 0 saturated carbocycles. The molecule has 4 aliphatic carbocycles. The summed E-state index contributed by atoms with van der Waals surface area (Å²) in [5.74, 6) is 0. The van der Waals surface area contributed by atoms with E-state index in [-0.39, 0.29) is 6.04 Å². The Balaban J connectivity index is 0.790. The van der Waals surface area contributed by atoms with Crippen LogP contribution in [0.1, 0.15) is 56.6 Å². The highest BCUT2D eigenvalue weighted by atomic mass is 15.2. The molecule has 5 heteroatoms. The molecule has 2 N–H and O–H groups in total. The molecule has 0 radical (unpaired) electrons. The van der Waals surface area contributed by atoms with Gasteiger partial charge in [-0.2, -0.15) is 0 Å². The summed E-state index contributed by atoms with van der Waals surface area (Å²) in [7, 11) is 2.61. The number of aromatic nitrogens is 4. The number of aromatic amines is 2. The first kappa shape index (κ1) is 48.3. The minimum atomic E-state index is -0.649. The first-order valence-corrected chi connectivity index (χ1v) is 40.5. The SMILES string of the molecule is CN1CC23c4c5c6c7c8c9c(c%10c%11c2c2c4c4c%12c5c5c6c6c8c8c%13c9c9c%10c%10c%11c%11c2c2c4c4c%12c%12c5c5c6c8c6c8c%13c9c9c%10c%10c%11c2c2c4c4c%12c5c6c5c8c9c%10c2c45)C73C1c1cc2[nH]c1c(-c1ccccc1)c1nc(c(-c3ccccc3)c3ccc([nH]3)c(-c3ccccc3)c3nc(c2-c2ccccc2)C=C3)C=C1. The van der Waals surface area contributed by atoms with Gasteiger partial charge < -0.3 is 9.97 Å². The molecule has 1 unspecified atom stereocenters. The second-order valence-corrected chi connectivity index (χ2v) is 37.0. The molecule has 35 aromatic rings. The molecule has 3 aromatic heterocycles. The Labute approximate surface area is 622 Å². The van der Waals surface area contributed by atoms with Crippen LogP contribution in [-0.2, 0) is 10.8 Å². The highest BCUT2D eigenvalue weighted by Gasteiger charge is 2.76. The number of rotatable bonds is 5. The van der Waals surface area contributed by atoms with Gasteiger partial charge >= 0.3 is 0 Å². The van der Waals surface area contributed by atoms with Crippen molar-refractivity contribution in [2.45, 2.75) is 16.9 Å². The molecule has 5 nitrogen and oxygen atoms in total. The molecular formula is C107H35N5. The summed E-state index contributed by atoms with van der Waals surface area (Å²) in [5, 5.41) is 87.5. The molecule has 488 valence electrons. The van der Waals surface area contributed by atoms with Crippen LogP contribution in [-0.4, -0.2) is 38.4 Å². The highest BCUT2D eigenvalue weighted by molar-refractivity contribution is 6.82. The minimum absolute atomic E-state index is 0.208. The van der Waals surface area contributed by atoms with Crippen molar-refractivity contribution in [1.82, 2.24) is 24.8 Å². The van der Waals surface area contributed by atoms with Crippen LogP contribution in [0.5, 0.6) is 0 Å². The van der Waals surface area contributed by atoms with Crippen molar-refractivity contribution < 1.29 is 0 Å². The second-order valence-electron chi connectivity index (χ2n) is 37.0. The number of nitrogens with one attached hydrogen (secondary N) is 2. The third-order valence-electron chi connectivity index (χ3n) is 34.3. The molecule has 6 heterocycles. The average Bonchev–Trinajstić information content (AvgIpc) is 1.38. The van der Waals surface area contributed by atoms with Crippen molar-refractivity contribution in [3.05, 3.63) is 190 Å². The van der Waals surface area contributed by atoms with Gasteiger partial charge in [0, 0.05) is 45.3 Å². The number of hydrogen-bond donors (Lipinski definition) is 2. The zero-order valence-corrected chi connectivity index (χ0v) is 58.7. The van der Waals surface area contributed by atoms with E-state index in [2.05, 4.69) is 186 Å². The summed E-state index contributed by atoms with van der Waals surface area (Å²) in [5.41, 5.74) is 23.6. The Morgan fingerprint density at radius 2 is 0.491 bits per heavy atom. The van der Waals surface area contributed by atoms with E-state index in [1.165, 1.54) is 5.56 Å². The van der Waals surface area contributed by atoms with E-state index in [9.17, 15) is 0 Å². The van der Waals surface area contributed by atoms with Crippen LogP contribution in [0, 0.1) is 0 Å². The average molecular weight is 1390 g/mol. The van der Waals surface area contributed by atoms with E-state index < -0.39 is 10.8 Å². The number of likely N-dealkylation sites (tertiary alicyclic amines) is 1. The molecule has 1 atom stereocenters. The molecule has 2 spiro atoms. The van der Waals surface area contributed by atoms with Crippen LogP contribution in [0.4, 0.5) is 0 Å². The summed E-state index contributed by atoms with van der Waals surface area (Å²) >= 11 is 0. The van der Waals surface area contributed by atoms with Gasteiger partial charge in [-0.15, -0.1) is 0 Å². The summed E-state index contributed by atoms with van der Waals surface area (Å²) in [6.07, 6.45) is 9.26. The Kier molecular flexibility index (Phi) is 5.65. The largest absolute Gasteiger partial charge is 0.354 e. The number of likely N-dealkylation sites (N-methyl/N-ethyl adjacent to an activating group) is 1. The summed E-state index contributed by atoms with van der Waals surface area (Å²) < 4.78 is 0. The van der Waals surface area contributed by atoms with Gasteiger partial charge in [0.05, 0.1) is 45.2 Å². The van der Waals surface area contributed by atoms with Gasteiger partial charge in [-0.25, -0.2) is 9.97 Å². The number of nitrogens with zero attached hydrogens (tertiary/aromatic N) is 3. The lowest BCUT2D eigenvalue weighted by Gasteiger charge is -2.52. The molecule has 1 saturated heterocycles. The van der Waals surface area contributed by atoms with Gasteiger partial charge in [0.25, 0.3) is 0 Å². The lowest BCUT2D eigenvalue weighted by Crippen LogP contribution is -2.51. The van der Waals surface area contributed by atoms with Crippen molar-refractivity contribution in [2.75, 3.05) is 13.6 Å². The fourth-order valence-corrected chi connectivity index (χ4v) is 32.7. The summed E-state index contributed by atoms with van der Waals surface area (Å²) in [4.78, 5) is 23.8. The van der Waals surface area contributed by atoms with Crippen LogP contribution in [0.15, 0.2) is 140 Å². The standard InChI is InChI=1S/C107H35N5/c1-112-29-106-100-92-84-74-64-56-48-46-47-50-54-52(48)60-68-62(54)72-66-58(50)59-51(47)55-53-49(46)57(56)65-71-61(53)69-63(55)73-67(59)77-76(66)88-82(72)90-80(68)86(78(84)70(60)64)94(100)96(90)102-98(88)99-89(77)83(73)91-81(69)87-79(71)85(75(65)74)93(92)101(106)95(87)97(91)103(99)107(102,106)105(112)34-28-41-44(32-18-10-4-11-19-32)39-25-24-37(109-39)42(30-14-6-2-7-15-30)35-22-23-36(108-35)43(31-16-8-3-9-17-31)38-26-27-40(110-38)45(104(34)111-41)33-20-12-5-13-21-33/h2-28,105,108,111H,29H2,1H3. The fraction of sp³-hybridized carbons (Fsp3) is 0.0467. The van der Waals surface area contributed by atoms with Gasteiger partial charge in [-0.05, 0) is 390 Å². The molecule has 112 heavy (non-hydrogen) atoms. The van der Waals surface area contributed by atoms with Gasteiger partial charge in [-0.3, -0.25) is 4.90 Å². The maximum atomic E-state index is 6.14. The van der Waals surface area contributed by atoms with Crippen LogP contribution < -0.4 is 0 Å². The van der Waals surface area contributed by atoms with Crippen molar-refractivity contribution in [3.8, 4) is 44.5 Å². The predicted octanol–water partition coefficient (Wildman–Crippen LogP) is 27.6. The highest BCUT2D eigenvalue weighted by Crippen LogP contribution is 2.87. The lowest BCUT2D eigenvalue weighted by molar-refractivity contribution is 0.273.